The Kier molecular flexibility index (Phi) is 6.18. The van der Waals surface area contributed by atoms with Crippen molar-refractivity contribution in [2.75, 3.05) is 26.7 Å². The average Bonchev–Trinajstić information content (AvgIpc) is 2.29. The van der Waals surface area contributed by atoms with Gasteiger partial charge in [-0.1, -0.05) is 34.1 Å². The van der Waals surface area contributed by atoms with Crippen molar-refractivity contribution in [2.45, 2.75) is 6.54 Å². The molecule has 1 amide bonds. The van der Waals surface area contributed by atoms with Crippen molar-refractivity contribution in [2.24, 2.45) is 0 Å². The van der Waals surface area contributed by atoms with Gasteiger partial charge in [0.05, 0.1) is 13.2 Å². The van der Waals surface area contributed by atoms with Crippen molar-refractivity contribution < 1.29 is 9.90 Å². The lowest BCUT2D eigenvalue weighted by Gasteiger charge is -2.17. The maximum atomic E-state index is 11.4. The number of aliphatic hydroxyl groups is 1. The van der Waals surface area contributed by atoms with Crippen LogP contribution in [-0.2, 0) is 11.3 Å². The van der Waals surface area contributed by atoms with Gasteiger partial charge in [-0.05, 0) is 18.7 Å². The van der Waals surface area contributed by atoms with Crippen LogP contribution in [0, 0.1) is 0 Å². The van der Waals surface area contributed by atoms with Gasteiger partial charge in [0, 0.05) is 17.6 Å². The largest absolute Gasteiger partial charge is 0.395 e. The van der Waals surface area contributed by atoms with Crippen molar-refractivity contribution >= 4 is 21.8 Å². The Labute approximate surface area is 110 Å². The summed E-state index contributed by atoms with van der Waals surface area (Å²) < 4.78 is 1.04. The lowest BCUT2D eigenvalue weighted by molar-refractivity contribution is -0.122. The van der Waals surface area contributed by atoms with Crippen LogP contribution in [0.4, 0.5) is 0 Å². The van der Waals surface area contributed by atoms with E-state index in [9.17, 15) is 4.79 Å². The summed E-state index contributed by atoms with van der Waals surface area (Å²) in [4.78, 5) is 13.3. The van der Waals surface area contributed by atoms with Gasteiger partial charge < -0.3 is 10.4 Å². The van der Waals surface area contributed by atoms with Gasteiger partial charge in [0.25, 0.3) is 0 Å². The van der Waals surface area contributed by atoms with Crippen molar-refractivity contribution in [3.63, 3.8) is 0 Å². The van der Waals surface area contributed by atoms with E-state index in [1.54, 1.807) is 0 Å². The zero-order valence-electron chi connectivity index (χ0n) is 9.82. The topological polar surface area (TPSA) is 52.6 Å². The van der Waals surface area contributed by atoms with E-state index >= 15 is 0 Å². The minimum Gasteiger partial charge on any atom is -0.395 e. The molecule has 1 aromatic rings. The molecule has 94 valence electrons. The molecule has 0 aliphatic heterocycles. The normalized spacial score (nSPS) is 10.6. The number of halogens is 1. The Hall–Kier alpha value is -0.910. The van der Waals surface area contributed by atoms with Crippen LogP contribution >= 0.6 is 15.9 Å². The highest BCUT2D eigenvalue weighted by Crippen LogP contribution is 2.16. The van der Waals surface area contributed by atoms with Crippen LogP contribution in [-0.4, -0.2) is 42.7 Å². The quantitative estimate of drug-likeness (QED) is 0.824. The number of nitrogens with one attached hydrogen (secondary N) is 1. The molecule has 0 saturated heterocycles. The number of hydrogen-bond donors (Lipinski definition) is 2. The van der Waals surface area contributed by atoms with E-state index in [1.807, 2.05) is 36.2 Å². The van der Waals surface area contributed by atoms with Crippen LogP contribution < -0.4 is 5.32 Å². The zero-order valence-corrected chi connectivity index (χ0v) is 11.4. The first-order valence-corrected chi connectivity index (χ1v) is 6.22. The van der Waals surface area contributed by atoms with Crippen LogP contribution in [0.2, 0.25) is 0 Å². The first kappa shape index (κ1) is 14.2. The Morgan fingerprint density at radius 2 is 2.18 bits per heavy atom. The molecule has 0 spiro atoms. The van der Waals surface area contributed by atoms with E-state index in [0.717, 1.165) is 10.0 Å². The lowest BCUT2D eigenvalue weighted by atomic mass is 10.2. The molecule has 4 nitrogen and oxygen atoms in total. The van der Waals surface area contributed by atoms with Crippen LogP contribution in [0.3, 0.4) is 0 Å². The Morgan fingerprint density at radius 3 is 2.82 bits per heavy atom. The number of likely N-dealkylation sites (N-methyl/N-ethyl adjacent to an activating group) is 1. The predicted octanol–water partition coefficient (Wildman–Crippen LogP) is 0.989. The minimum atomic E-state index is -0.0754. The summed E-state index contributed by atoms with van der Waals surface area (Å²) in [7, 11) is 1.89. The highest BCUT2D eigenvalue weighted by molar-refractivity contribution is 9.10. The summed E-state index contributed by atoms with van der Waals surface area (Å²) in [6, 6.07) is 7.93. The number of carbonyl (C=O) groups excluding carboxylic acids is 1. The fraction of sp³-hybridized carbons (Fsp3) is 0.417. The van der Waals surface area contributed by atoms with Gasteiger partial charge in [-0.3, -0.25) is 9.69 Å². The van der Waals surface area contributed by atoms with Gasteiger partial charge in [0.1, 0.15) is 0 Å². The van der Waals surface area contributed by atoms with E-state index in [4.69, 9.17) is 5.11 Å². The second-order valence-electron chi connectivity index (χ2n) is 3.84. The van der Waals surface area contributed by atoms with E-state index in [0.29, 0.717) is 19.6 Å². The Balaban J connectivity index is 2.42. The fourth-order valence-corrected chi connectivity index (χ4v) is 1.88. The van der Waals surface area contributed by atoms with Gasteiger partial charge in [0.2, 0.25) is 5.91 Å². The van der Waals surface area contributed by atoms with Crippen molar-refractivity contribution in [3.8, 4) is 0 Å². The number of amides is 1. The Bertz CT molecular complexity index is 371. The molecule has 0 saturated carbocycles. The number of nitrogens with zero attached hydrogens (tertiary/aromatic N) is 1. The monoisotopic (exact) mass is 300 g/mol. The molecular weight excluding hydrogens is 284 g/mol. The predicted molar refractivity (Wildman–Crippen MR) is 70.6 cm³/mol. The molecule has 17 heavy (non-hydrogen) atoms. The molecule has 2 N–H and O–H groups in total. The van der Waals surface area contributed by atoms with E-state index < -0.39 is 0 Å². The second kappa shape index (κ2) is 7.42. The smallest absolute Gasteiger partial charge is 0.234 e. The minimum absolute atomic E-state index is 0.0281. The van der Waals surface area contributed by atoms with Crippen LogP contribution in [0.25, 0.3) is 0 Å². The molecule has 0 bridgehead atoms. The van der Waals surface area contributed by atoms with Crippen molar-refractivity contribution in [1.82, 2.24) is 10.2 Å². The summed E-state index contributed by atoms with van der Waals surface area (Å²) in [5, 5.41) is 11.2. The van der Waals surface area contributed by atoms with Crippen molar-refractivity contribution in [1.29, 1.82) is 0 Å². The average molecular weight is 301 g/mol. The standard InChI is InChI=1S/C12H17BrN2O2/c1-15(9-12(17)14-6-7-16)8-10-4-2-3-5-11(10)13/h2-5,16H,6-9H2,1H3,(H,14,17). The molecular formula is C12H17BrN2O2. The third kappa shape index (κ3) is 5.30. The second-order valence-corrected chi connectivity index (χ2v) is 4.69. The summed E-state index contributed by atoms with van der Waals surface area (Å²) in [6.45, 7) is 1.30. The van der Waals surface area contributed by atoms with Crippen LogP contribution in [0.5, 0.6) is 0 Å². The van der Waals surface area contributed by atoms with Gasteiger partial charge in [0.15, 0.2) is 0 Å². The van der Waals surface area contributed by atoms with Gasteiger partial charge in [-0.25, -0.2) is 0 Å². The first-order chi connectivity index (χ1) is 8.13. The number of benzene rings is 1. The number of hydrogen-bond acceptors (Lipinski definition) is 3. The lowest BCUT2D eigenvalue weighted by Crippen LogP contribution is -2.36. The van der Waals surface area contributed by atoms with E-state index in [1.165, 1.54) is 0 Å². The SMILES string of the molecule is CN(CC(=O)NCCO)Cc1ccccc1Br. The molecule has 0 fully saturated rings. The molecule has 0 aliphatic rings. The maximum Gasteiger partial charge on any atom is 0.234 e. The fourth-order valence-electron chi connectivity index (χ4n) is 1.47. The van der Waals surface area contributed by atoms with Gasteiger partial charge >= 0.3 is 0 Å². The summed E-state index contributed by atoms with van der Waals surface area (Å²) in [5.41, 5.74) is 1.14. The van der Waals surface area contributed by atoms with Crippen molar-refractivity contribution in [3.05, 3.63) is 34.3 Å². The molecule has 0 unspecified atom stereocenters. The molecule has 5 heteroatoms. The summed E-state index contributed by atoms with van der Waals surface area (Å²) in [6.07, 6.45) is 0. The molecule has 1 rings (SSSR count). The van der Waals surface area contributed by atoms with Crippen LogP contribution in [0.15, 0.2) is 28.7 Å². The third-order valence-electron chi connectivity index (χ3n) is 2.25. The van der Waals surface area contributed by atoms with E-state index in [2.05, 4.69) is 21.2 Å². The molecule has 0 heterocycles. The summed E-state index contributed by atoms with van der Waals surface area (Å²) >= 11 is 3.47. The molecule has 0 aliphatic carbocycles. The third-order valence-corrected chi connectivity index (χ3v) is 3.02. The van der Waals surface area contributed by atoms with Crippen LogP contribution in [0.1, 0.15) is 5.56 Å². The number of rotatable bonds is 6. The number of carbonyl (C=O) groups is 1. The van der Waals surface area contributed by atoms with Gasteiger partial charge in [-0.2, -0.15) is 0 Å². The first-order valence-electron chi connectivity index (χ1n) is 5.43. The molecule has 0 radical (unpaired) electrons. The summed E-state index contributed by atoms with van der Waals surface area (Å²) in [5.74, 6) is -0.0754. The Morgan fingerprint density at radius 1 is 1.47 bits per heavy atom. The highest BCUT2D eigenvalue weighted by Gasteiger charge is 2.07. The number of aliphatic hydroxyl groups excluding tert-OH is 1. The van der Waals surface area contributed by atoms with E-state index in [-0.39, 0.29) is 12.5 Å². The highest BCUT2D eigenvalue weighted by atomic mass is 79.9. The molecule has 1 aromatic carbocycles. The molecule has 0 aromatic heterocycles. The zero-order chi connectivity index (χ0) is 12.7. The maximum absolute atomic E-state index is 11.4. The van der Waals surface area contributed by atoms with Gasteiger partial charge in [-0.15, -0.1) is 0 Å². The molecule has 0 atom stereocenters.